The molecular formula is C98H101BrCl10N16O2S3. The van der Waals surface area contributed by atoms with Crippen molar-refractivity contribution >= 4 is 199 Å². The Hall–Kier alpha value is -7.14. The molecule has 20 rings (SSSR count). The average Bonchev–Trinajstić information content (AvgIpc) is 1.60. The van der Waals surface area contributed by atoms with Gasteiger partial charge in [0.2, 0.25) is 0 Å². The number of nitrogens with two attached hydrogens (primary N) is 3. The number of rotatable bonds is 11. The van der Waals surface area contributed by atoms with E-state index in [1.165, 1.54) is 68.0 Å². The molecule has 4 saturated heterocycles. The van der Waals surface area contributed by atoms with Crippen LogP contribution in [0.2, 0.25) is 40.2 Å². The number of hydrogen-bond donors (Lipinski definition) is 5. The molecule has 4 aromatic heterocycles. The molecule has 12 aromatic rings. The van der Waals surface area contributed by atoms with Gasteiger partial charge in [-0.2, -0.15) is 0 Å². The number of anilines is 4. The van der Waals surface area contributed by atoms with Crippen molar-refractivity contribution in [3.8, 4) is 0 Å². The van der Waals surface area contributed by atoms with E-state index in [0.29, 0.717) is 51.5 Å². The first-order valence-electron chi connectivity index (χ1n) is 42.9. The number of benzene rings is 8. The van der Waals surface area contributed by atoms with Gasteiger partial charge in [-0.1, -0.05) is 244 Å². The number of halogens is 11. The Morgan fingerprint density at radius 2 is 0.754 bits per heavy atom. The van der Waals surface area contributed by atoms with Crippen LogP contribution in [0.1, 0.15) is 152 Å². The molecule has 0 radical (unpaired) electrons. The Balaban J connectivity index is 0.000000136. The van der Waals surface area contributed by atoms with E-state index in [0.717, 1.165) is 188 Å². The van der Waals surface area contributed by atoms with Crippen LogP contribution < -0.4 is 42.1 Å². The van der Waals surface area contributed by atoms with Crippen LogP contribution >= 0.6 is 170 Å². The lowest BCUT2D eigenvalue weighted by Crippen LogP contribution is -2.47. The molecule has 18 nitrogen and oxygen atoms in total. The van der Waals surface area contributed by atoms with E-state index in [1.54, 1.807) is 55.0 Å². The van der Waals surface area contributed by atoms with Crippen molar-refractivity contribution in [1.82, 2.24) is 45.2 Å². The van der Waals surface area contributed by atoms with Crippen molar-refractivity contribution in [1.29, 1.82) is 0 Å². The zero-order valence-electron chi connectivity index (χ0n) is 71.8. The van der Waals surface area contributed by atoms with Gasteiger partial charge in [-0.3, -0.25) is 4.98 Å². The number of hydrogen-bond acceptors (Lipinski definition) is 20. The summed E-state index contributed by atoms with van der Waals surface area (Å²) in [6, 6.07) is 56.8. The highest BCUT2D eigenvalue weighted by atomic mass is 79.9. The highest BCUT2D eigenvalue weighted by Crippen LogP contribution is 2.56. The molecule has 4 fully saturated rings. The lowest BCUT2D eigenvalue weighted by atomic mass is 9.72. The quantitative estimate of drug-likeness (QED) is 0.0758. The number of nitrogens with one attached hydrogen (secondary N) is 1. The molecule has 32 heteroatoms. The first kappa shape index (κ1) is 98.8. The minimum Gasteiger partial charge on any atom is -0.444 e. The summed E-state index contributed by atoms with van der Waals surface area (Å²) in [6.07, 6.45) is 27.4. The maximum absolute atomic E-state index is 12.8. The van der Waals surface area contributed by atoms with Gasteiger partial charge < -0.3 is 46.9 Å². The second-order valence-electron chi connectivity index (χ2n) is 35.2. The molecular weight excluding hydrogens is 1960 g/mol. The van der Waals surface area contributed by atoms with Crippen LogP contribution in [-0.2, 0) is 36.8 Å². The molecule has 8 aromatic carbocycles. The van der Waals surface area contributed by atoms with E-state index in [4.69, 9.17) is 115 Å². The third-order valence-corrected chi connectivity index (χ3v) is 32.8. The number of amides is 1. The highest BCUT2D eigenvalue weighted by molar-refractivity contribution is 9.10. The Bertz CT molecular complexity index is 5720. The summed E-state index contributed by atoms with van der Waals surface area (Å²) in [5.74, 6) is 3.65. The molecule has 130 heavy (non-hydrogen) atoms. The largest absolute Gasteiger partial charge is 0.444 e. The van der Waals surface area contributed by atoms with E-state index in [1.807, 2.05) is 94.2 Å². The van der Waals surface area contributed by atoms with Crippen molar-refractivity contribution in [3.05, 3.63) is 320 Å². The molecule has 0 saturated carbocycles. The van der Waals surface area contributed by atoms with Gasteiger partial charge in [0.05, 0.1) is 101 Å². The van der Waals surface area contributed by atoms with Gasteiger partial charge in [-0.15, -0.1) is 37.4 Å². The third-order valence-electron chi connectivity index (χ3n) is 26.4. The molecule has 7 N–H and O–H groups in total. The SMILES string of the molecule is CC(C)(C)OC(=O)N[C@@H]1c2ccccc2CC12CCN(c1cnc(Sc3cccc(Cl)c3Cl)cn1)CC2.Cl.Cl.N[C@@H]1c2ccccc2CC12CCN(c1cnc(Br)cn1)CC2.N[C@@H]1c2ccccc2CC12CCN(c1cnc(Cc3cccc(Cl)c3Cl)cn1)CC2.N[C@@H]1c2ccccc2CC12CCN(c1cnc(Sc3cccc(Cl)c3Cl)cn1)CC2.Sc1cccc(Cl)c1Cl. The van der Waals surface area contributed by atoms with Gasteiger partial charge in [0.25, 0.3) is 0 Å². The maximum Gasteiger partial charge on any atom is 0.408 e. The third kappa shape index (κ3) is 22.5. The van der Waals surface area contributed by atoms with Crippen LogP contribution in [0.15, 0.2) is 249 Å². The minimum atomic E-state index is -0.542. The summed E-state index contributed by atoms with van der Waals surface area (Å²) >= 11 is 58.9. The zero-order valence-corrected chi connectivity index (χ0v) is 83.6. The van der Waals surface area contributed by atoms with Crippen LogP contribution in [0.25, 0.3) is 0 Å². The zero-order chi connectivity index (χ0) is 89.7. The number of piperidine rings is 4. The smallest absolute Gasteiger partial charge is 0.408 e. The number of ether oxygens (including phenoxy) is 1. The molecule has 8 heterocycles. The number of carbonyl (C=O) groups is 1. The van der Waals surface area contributed by atoms with E-state index in [-0.39, 0.29) is 76.7 Å². The standard InChI is InChI=1S/C28H30Cl2N4O2S.C24H24Cl2N4.C23H22Cl2N4S.C17H19BrN4.C6H4Cl2S.2ClH/c1-27(2,3)36-26(35)33-25-19-8-5-4-7-18(19)15-28(25)11-13-34(14-12-28)22-16-32-23(17-31-22)37-21-10-6-9-20(29)24(21)30;25-20-7-3-5-16(22(20)26)12-18-14-29-21(15-28-18)30-10-8-24(9-11-30)13-17-4-1-2-6-19(17)23(24)27;24-17-6-3-7-18(21(17)25)30-20-14-27-19(13-28-20)29-10-8-23(9-11-29)12-15-4-1-2-5-16(15)22(23)26;18-14-10-21-15(11-20-14)22-7-5-17(6-8-22)9-12-3-1-2-4-13(12)16(17)19;7-4-2-1-3-5(9)6(4)8;;/h4-10,16-17,25H,11-15H2,1-3H3,(H,33,35);1-7,14-15,23H,8-13,27H2;1-7,13-14,22H,8-12,26H2;1-4,10-11,16H,5-9,19H2;1-3,9H;2*1H/t25-;23-;22-;16-;;;/m1111.../s1. The van der Waals surface area contributed by atoms with Crippen molar-refractivity contribution in [3.63, 3.8) is 0 Å². The fraction of sp³-hybridized carbons (Fsp3) is 0.337. The molecule has 1 amide bonds. The number of aromatic nitrogens is 8. The molecule has 8 aliphatic rings. The molecule has 680 valence electrons. The molecule has 0 bridgehead atoms. The molecule has 4 aliphatic carbocycles. The first-order valence-corrected chi connectivity index (χ1v) is 48.8. The van der Waals surface area contributed by atoms with Crippen LogP contribution in [0.3, 0.4) is 0 Å². The summed E-state index contributed by atoms with van der Waals surface area (Å²) in [6.45, 7) is 13.1. The number of thiol groups is 1. The number of nitrogens with zero attached hydrogens (tertiary/aromatic N) is 12. The van der Waals surface area contributed by atoms with E-state index in [2.05, 4.69) is 184 Å². The Kier molecular flexibility index (Phi) is 32.9. The molecule has 4 spiro atoms. The van der Waals surface area contributed by atoms with Crippen molar-refractivity contribution in [2.24, 2.45) is 38.9 Å². The summed E-state index contributed by atoms with van der Waals surface area (Å²) in [7, 11) is 0. The molecule has 4 aliphatic heterocycles. The Morgan fingerprint density at radius 1 is 0.415 bits per heavy atom. The maximum atomic E-state index is 12.8. The van der Waals surface area contributed by atoms with Crippen LogP contribution in [0, 0.1) is 21.7 Å². The second-order valence-corrected chi connectivity index (χ2v) is 41.7. The lowest BCUT2D eigenvalue weighted by molar-refractivity contribution is 0.0428. The van der Waals surface area contributed by atoms with Gasteiger partial charge >= 0.3 is 6.09 Å². The molecule has 4 atom stereocenters. The first-order chi connectivity index (χ1) is 61.6. The van der Waals surface area contributed by atoms with Crippen molar-refractivity contribution in [2.75, 3.05) is 72.0 Å². The average molecular weight is 2070 g/mol. The van der Waals surface area contributed by atoms with Crippen LogP contribution in [0.4, 0.5) is 28.1 Å². The van der Waals surface area contributed by atoms with Crippen LogP contribution in [0.5, 0.6) is 0 Å². The molecule has 0 unspecified atom stereocenters. The van der Waals surface area contributed by atoms with Gasteiger partial charge in [0.1, 0.15) is 43.5 Å². The van der Waals surface area contributed by atoms with Gasteiger partial charge in [-0.05, 0) is 223 Å². The highest BCUT2D eigenvalue weighted by Gasteiger charge is 2.51. The summed E-state index contributed by atoms with van der Waals surface area (Å²) in [5, 5.41) is 9.11. The van der Waals surface area contributed by atoms with Crippen molar-refractivity contribution in [2.45, 2.75) is 159 Å². The van der Waals surface area contributed by atoms with E-state index >= 15 is 0 Å². The summed E-state index contributed by atoms with van der Waals surface area (Å²) < 4.78 is 6.39. The predicted molar refractivity (Wildman–Crippen MR) is 543 cm³/mol. The summed E-state index contributed by atoms with van der Waals surface area (Å²) in [4.78, 5) is 61.0. The van der Waals surface area contributed by atoms with Crippen molar-refractivity contribution < 1.29 is 9.53 Å². The normalized spacial score (nSPS) is 19.0. The topological polar surface area (TPSA) is 232 Å². The Labute approximate surface area is 835 Å². The lowest BCUT2D eigenvalue weighted by Gasteiger charge is -2.43. The van der Waals surface area contributed by atoms with E-state index < -0.39 is 5.60 Å². The minimum absolute atomic E-state index is 0. The fourth-order valence-electron chi connectivity index (χ4n) is 19.4. The Morgan fingerprint density at radius 3 is 1.12 bits per heavy atom. The number of alkyl carbamates (subject to hydrolysis) is 1. The monoisotopic (exact) mass is 2060 g/mol. The van der Waals surface area contributed by atoms with Gasteiger partial charge in [0, 0.05) is 97.0 Å². The second kappa shape index (κ2) is 43.3. The fourth-order valence-corrected chi connectivity index (χ4v) is 23.1. The van der Waals surface area contributed by atoms with Gasteiger partial charge in [-0.25, -0.2) is 39.7 Å². The predicted octanol–water partition coefficient (Wildman–Crippen LogP) is 25.5. The van der Waals surface area contributed by atoms with Gasteiger partial charge in [0.15, 0.2) is 0 Å². The number of carbonyl (C=O) groups excluding carboxylic acids is 1. The number of fused-ring (bicyclic) bond motifs is 4. The summed E-state index contributed by atoms with van der Waals surface area (Å²) in [5.41, 5.74) is 32.6. The van der Waals surface area contributed by atoms with Crippen LogP contribution in [-0.4, -0.2) is 104 Å². The van der Waals surface area contributed by atoms with E-state index in [9.17, 15) is 4.79 Å².